The van der Waals surface area contributed by atoms with E-state index in [1.807, 2.05) is 0 Å². The molecule has 1 aliphatic heterocycles. The van der Waals surface area contributed by atoms with E-state index in [-0.39, 0.29) is 16.8 Å². The van der Waals surface area contributed by atoms with Crippen molar-refractivity contribution >= 4 is 15.9 Å². The third kappa shape index (κ3) is 3.29. The molecule has 1 N–H and O–H groups in total. The van der Waals surface area contributed by atoms with Crippen molar-refractivity contribution in [3.8, 4) is 0 Å². The molecule has 2 bridgehead atoms. The predicted octanol–water partition coefficient (Wildman–Crippen LogP) is 3.03. The summed E-state index contributed by atoms with van der Waals surface area (Å²) in [5, 5.41) is 3.12. The molecule has 142 valence electrons. The molecule has 0 aromatic heterocycles. The van der Waals surface area contributed by atoms with Gasteiger partial charge in [-0.15, -0.1) is 0 Å². The highest BCUT2D eigenvalue weighted by Crippen LogP contribution is 2.49. The summed E-state index contributed by atoms with van der Waals surface area (Å²) in [4.78, 5) is 12.9. The van der Waals surface area contributed by atoms with E-state index in [1.165, 1.54) is 36.1 Å². The maximum atomic E-state index is 12.7. The van der Waals surface area contributed by atoms with Crippen LogP contribution in [0.4, 0.5) is 0 Å². The third-order valence-corrected chi connectivity index (χ3v) is 8.49. The van der Waals surface area contributed by atoms with Gasteiger partial charge in [-0.05, 0) is 75.0 Å². The second-order valence-corrected chi connectivity index (χ2v) is 10.2. The van der Waals surface area contributed by atoms with Gasteiger partial charge in [0.2, 0.25) is 10.0 Å². The van der Waals surface area contributed by atoms with E-state index in [2.05, 4.69) is 12.2 Å². The standard InChI is InChI=1S/C20H28N2O3S/c1-14(19-12-15-7-8-16(19)11-15)21-20(23)17-5-4-6-18(13-17)26(24,25)22-9-2-3-10-22/h4-6,13-16,19H,2-3,7-12H2,1H3,(H,21,23)/t14-,15-,16-,19+/m1/s1. The average molecular weight is 377 g/mol. The number of nitrogens with one attached hydrogen (secondary N) is 1. The maximum Gasteiger partial charge on any atom is 0.251 e. The number of benzene rings is 1. The van der Waals surface area contributed by atoms with E-state index in [9.17, 15) is 13.2 Å². The SMILES string of the molecule is C[C@@H](NC(=O)c1cccc(S(=O)(=O)N2CCCC2)c1)[C@@H]1C[C@@H]2CC[C@@H]1C2. The topological polar surface area (TPSA) is 66.5 Å². The first kappa shape index (κ1) is 18.0. The van der Waals surface area contributed by atoms with Crippen LogP contribution < -0.4 is 5.32 Å². The van der Waals surface area contributed by atoms with Crippen LogP contribution in [0.1, 0.15) is 55.8 Å². The Morgan fingerprint density at radius 3 is 2.62 bits per heavy atom. The largest absolute Gasteiger partial charge is 0.349 e. The Balaban J connectivity index is 1.46. The van der Waals surface area contributed by atoms with Gasteiger partial charge in [0.1, 0.15) is 0 Å². The number of fused-ring (bicyclic) bond motifs is 2. The third-order valence-electron chi connectivity index (χ3n) is 6.59. The van der Waals surface area contributed by atoms with E-state index in [0.29, 0.717) is 24.6 Å². The molecule has 1 aromatic carbocycles. The molecule has 0 unspecified atom stereocenters. The van der Waals surface area contributed by atoms with Crippen molar-refractivity contribution in [1.29, 1.82) is 0 Å². The lowest BCUT2D eigenvalue weighted by molar-refractivity contribution is 0.0915. The van der Waals surface area contributed by atoms with E-state index in [1.54, 1.807) is 18.2 Å². The van der Waals surface area contributed by atoms with Crippen molar-refractivity contribution in [2.45, 2.75) is 56.4 Å². The van der Waals surface area contributed by atoms with Crippen molar-refractivity contribution in [2.24, 2.45) is 17.8 Å². The molecule has 1 amide bonds. The van der Waals surface area contributed by atoms with Crippen molar-refractivity contribution in [3.05, 3.63) is 29.8 Å². The first-order valence-corrected chi connectivity index (χ1v) is 11.3. The summed E-state index contributed by atoms with van der Waals surface area (Å²) < 4.78 is 27.0. The van der Waals surface area contributed by atoms with Gasteiger partial charge in [0.05, 0.1) is 4.90 Å². The van der Waals surface area contributed by atoms with Crippen molar-refractivity contribution in [2.75, 3.05) is 13.1 Å². The number of hydrogen-bond donors (Lipinski definition) is 1. The van der Waals surface area contributed by atoms with Gasteiger partial charge in [0.15, 0.2) is 0 Å². The first-order chi connectivity index (χ1) is 12.4. The van der Waals surface area contributed by atoms with Crippen LogP contribution >= 0.6 is 0 Å². The van der Waals surface area contributed by atoms with E-state index >= 15 is 0 Å². The minimum Gasteiger partial charge on any atom is -0.349 e. The summed E-state index contributed by atoms with van der Waals surface area (Å²) in [5.41, 5.74) is 0.431. The van der Waals surface area contributed by atoms with Crippen molar-refractivity contribution < 1.29 is 13.2 Å². The van der Waals surface area contributed by atoms with Crippen LogP contribution in [0.2, 0.25) is 0 Å². The molecular formula is C20H28N2O3S. The van der Waals surface area contributed by atoms with Crippen LogP contribution in [0.15, 0.2) is 29.2 Å². The second kappa shape index (κ2) is 6.97. The van der Waals surface area contributed by atoms with E-state index < -0.39 is 10.0 Å². The number of rotatable bonds is 5. The van der Waals surface area contributed by atoms with Crippen LogP contribution in [0.5, 0.6) is 0 Å². The molecule has 0 spiro atoms. The molecule has 4 atom stereocenters. The highest BCUT2D eigenvalue weighted by atomic mass is 32.2. The van der Waals surface area contributed by atoms with Crippen LogP contribution in [0.3, 0.4) is 0 Å². The Morgan fingerprint density at radius 2 is 1.96 bits per heavy atom. The zero-order valence-electron chi connectivity index (χ0n) is 15.4. The van der Waals surface area contributed by atoms with Gasteiger partial charge >= 0.3 is 0 Å². The zero-order valence-corrected chi connectivity index (χ0v) is 16.2. The molecule has 0 radical (unpaired) electrons. The monoisotopic (exact) mass is 376 g/mol. The molecule has 6 heteroatoms. The van der Waals surface area contributed by atoms with Gasteiger partial charge in [-0.25, -0.2) is 8.42 Å². The summed E-state index contributed by atoms with van der Waals surface area (Å²) >= 11 is 0. The van der Waals surface area contributed by atoms with Crippen molar-refractivity contribution in [1.82, 2.24) is 9.62 Å². The van der Waals surface area contributed by atoms with E-state index in [4.69, 9.17) is 0 Å². The fraction of sp³-hybridized carbons (Fsp3) is 0.650. The minimum absolute atomic E-state index is 0.136. The van der Waals surface area contributed by atoms with Crippen LogP contribution in [0.25, 0.3) is 0 Å². The van der Waals surface area contributed by atoms with Crippen molar-refractivity contribution in [3.63, 3.8) is 0 Å². The van der Waals surface area contributed by atoms with Gasteiger partial charge in [-0.2, -0.15) is 4.31 Å². The summed E-state index contributed by atoms with van der Waals surface area (Å²) in [6, 6.07) is 6.61. The molecular weight excluding hydrogens is 348 g/mol. The van der Waals surface area contributed by atoms with Gasteiger partial charge in [0, 0.05) is 24.7 Å². The quantitative estimate of drug-likeness (QED) is 0.859. The summed E-state index contributed by atoms with van der Waals surface area (Å²) in [5.74, 6) is 1.99. The molecule has 2 saturated carbocycles. The zero-order chi connectivity index (χ0) is 18.3. The number of amides is 1. The minimum atomic E-state index is -3.49. The van der Waals surface area contributed by atoms with Gasteiger partial charge in [-0.1, -0.05) is 12.5 Å². The highest BCUT2D eigenvalue weighted by molar-refractivity contribution is 7.89. The summed E-state index contributed by atoms with van der Waals surface area (Å²) in [6.45, 7) is 3.23. The fourth-order valence-corrected chi connectivity index (χ4v) is 6.74. The number of carbonyl (C=O) groups is 1. The molecule has 4 rings (SSSR count). The van der Waals surface area contributed by atoms with E-state index in [0.717, 1.165) is 24.7 Å². The second-order valence-electron chi connectivity index (χ2n) is 8.24. The molecule has 3 fully saturated rings. The molecule has 1 aromatic rings. The number of nitrogens with zero attached hydrogens (tertiary/aromatic N) is 1. The predicted molar refractivity (Wildman–Crippen MR) is 100 cm³/mol. The average Bonchev–Trinajstić information content (AvgIpc) is 3.39. The Kier molecular flexibility index (Phi) is 4.82. The smallest absolute Gasteiger partial charge is 0.251 e. The first-order valence-electron chi connectivity index (χ1n) is 9.86. The normalized spacial score (nSPS) is 29.8. The Hall–Kier alpha value is -1.40. The Labute approximate surface area is 156 Å². The highest BCUT2D eigenvalue weighted by Gasteiger charge is 2.42. The molecule has 3 aliphatic rings. The number of sulfonamides is 1. The lowest BCUT2D eigenvalue weighted by Gasteiger charge is -2.28. The summed E-state index contributed by atoms with van der Waals surface area (Å²) in [7, 11) is -3.49. The summed E-state index contributed by atoms with van der Waals surface area (Å²) in [6.07, 6.45) is 6.97. The van der Waals surface area contributed by atoms with Crippen LogP contribution in [-0.4, -0.2) is 37.8 Å². The fourth-order valence-electron chi connectivity index (χ4n) is 5.18. The molecule has 2 aliphatic carbocycles. The van der Waals surface area contributed by atoms with Gasteiger partial charge < -0.3 is 5.32 Å². The molecule has 5 nitrogen and oxygen atoms in total. The van der Waals surface area contributed by atoms with Gasteiger partial charge in [0.25, 0.3) is 5.91 Å². The number of hydrogen-bond acceptors (Lipinski definition) is 3. The molecule has 1 heterocycles. The van der Waals surface area contributed by atoms with Gasteiger partial charge in [-0.3, -0.25) is 4.79 Å². The lowest BCUT2D eigenvalue weighted by atomic mass is 9.84. The Morgan fingerprint density at radius 1 is 1.19 bits per heavy atom. The maximum absolute atomic E-state index is 12.7. The van der Waals surface area contributed by atoms with Crippen LogP contribution in [-0.2, 0) is 10.0 Å². The number of carbonyl (C=O) groups excluding carboxylic acids is 1. The molecule has 26 heavy (non-hydrogen) atoms. The Bertz CT molecular complexity index is 786. The van der Waals surface area contributed by atoms with Crippen LogP contribution in [0, 0.1) is 17.8 Å². The molecule has 1 saturated heterocycles. The lowest BCUT2D eigenvalue weighted by Crippen LogP contribution is -2.40.